The van der Waals surface area contributed by atoms with E-state index in [1.807, 2.05) is 0 Å². The molecule has 0 atom stereocenters. The van der Waals surface area contributed by atoms with Crippen LogP contribution in [0.2, 0.25) is 5.15 Å². The molecule has 1 aromatic heterocycles. The minimum absolute atomic E-state index is 0.00731. The van der Waals surface area contributed by atoms with Crippen LogP contribution in [0.5, 0.6) is 0 Å². The summed E-state index contributed by atoms with van der Waals surface area (Å²) in [7, 11) is 0. The van der Waals surface area contributed by atoms with Crippen molar-refractivity contribution < 1.29 is 18.0 Å². The van der Waals surface area contributed by atoms with Gasteiger partial charge in [-0.1, -0.05) is 11.6 Å². The maximum atomic E-state index is 12.2. The number of carbonyl (C=O) groups is 1. The van der Waals surface area contributed by atoms with Crippen LogP contribution in [0.25, 0.3) is 0 Å². The number of aromatic nitrogens is 2. The van der Waals surface area contributed by atoms with Gasteiger partial charge in [0.15, 0.2) is 5.15 Å². The quantitative estimate of drug-likeness (QED) is 0.715. The average molecular weight is 266 g/mol. The average Bonchev–Trinajstić information content (AvgIpc) is 2.26. The van der Waals surface area contributed by atoms with Crippen molar-refractivity contribution in [2.75, 3.05) is 6.54 Å². The van der Waals surface area contributed by atoms with Crippen molar-refractivity contribution in [2.24, 2.45) is 0 Å². The van der Waals surface area contributed by atoms with Gasteiger partial charge >= 0.3 is 12.1 Å². The molecule has 2 heterocycles. The fourth-order valence-electron chi connectivity index (χ4n) is 1.65. The standard InChI is InChI=1S/C9H7ClF3N3O/c10-7-3-5-1-2-16(4-6(5)14-15-7)8(17)9(11,12)13/h3H,1-2,4H2. The lowest BCUT2D eigenvalue weighted by Gasteiger charge is -2.28. The van der Waals surface area contributed by atoms with Crippen molar-refractivity contribution in [3.8, 4) is 0 Å². The first-order chi connectivity index (χ1) is 7.88. The van der Waals surface area contributed by atoms with Gasteiger partial charge in [-0.05, 0) is 18.1 Å². The van der Waals surface area contributed by atoms with Crippen molar-refractivity contribution in [1.29, 1.82) is 0 Å². The molecule has 8 heteroatoms. The molecule has 92 valence electrons. The topological polar surface area (TPSA) is 46.1 Å². The third-order valence-corrected chi connectivity index (χ3v) is 2.64. The Balaban J connectivity index is 2.19. The minimum Gasteiger partial charge on any atom is -0.329 e. The van der Waals surface area contributed by atoms with Crippen LogP contribution in [0.3, 0.4) is 0 Å². The van der Waals surface area contributed by atoms with Crippen molar-refractivity contribution in [3.05, 3.63) is 22.5 Å². The lowest BCUT2D eigenvalue weighted by Crippen LogP contribution is -2.44. The van der Waals surface area contributed by atoms with Gasteiger partial charge in [-0.15, -0.1) is 5.10 Å². The second kappa shape index (κ2) is 4.14. The van der Waals surface area contributed by atoms with Crippen molar-refractivity contribution in [1.82, 2.24) is 15.1 Å². The van der Waals surface area contributed by atoms with Crippen molar-refractivity contribution in [3.63, 3.8) is 0 Å². The molecule has 0 aliphatic carbocycles. The Kier molecular flexibility index (Phi) is 2.94. The lowest BCUT2D eigenvalue weighted by atomic mass is 10.1. The highest BCUT2D eigenvalue weighted by Crippen LogP contribution is 2.24. The summed E-state index contributed by atoms with van der Waals surface area (Å²) in [5.74, 6) is -1.85. The van der Waals surface area contributed by atoms with E-state index in [1.54, 1.807) is 6.07 Å². The normalized spacial score (nSPS) is 15.6. The second-order valence-corrected chi connectivity index (χ2v) is 4.00. The summed E-state index contributed by atoms with van der Waals surface area (Å²) >= 11 is 5.61. The Bertz CT molecular complexity index is 463. The van der Waals surface area contributed by atoms with E-state index in [0.29, 0.717) is 17.0 Å². The molecule has 0 spiro atoms. The number of rotatable bonds is 0. The maximum Gasteiger partial charge on any atom is 0.471 e. The molecule has 1 amide bonds. The van der Waals surface area contributed by atoms with E-state index in [2.05, 4.69) is 10.2 Å². The number of halogens is 4. The number of amides is 1. The molecule has 0 unspecified atom stereocenters. The summed E-state index contributed by atoms with van der Waals surface area (Å²) in [5.41, 5.74) is 1.09. The third kappa shape index (κ3) is 2.49. The Morgan fingerprint density at radius 3 is 2.76 bits per heavy atom. The van der Waals surface area contributed by atoms with E-state index >= 15 is 0 Å². The van der Waals surface area contributed by atoms with Gasteiger partial charge in [0.2, 0.25) is 0 Å². The van der Waals surface area contributed by atoms with Gasteiger partial charge in [-0.25, -0.2) is 0 Å². The molecule has 1 aromatic rings. The van der Waals surface area contributed by atoms with E-state index in [4.69, 9.17) is 11.6 Å². The molecule has 2 rings (SSSR count). The summed E-state index contributed by atoms with van der Waals surface area (Å²) in [6.07, 6.45) is -4.55. The Labute approximate surface area is 99.4 Å². The Morgan fingerprint density at radius 1 is 1.41 bits per heavy atom. The zero-order valence-corrected chi connectivity index (χ0v) is 9.22. The minimum atomic E-state index is -4.85. The Morgan fingerprint density at radius 2 is 2.12 bits per heavy atom. The number of fused-ring (bicyclic) bond motifs is 1. The highest BCUT2D eigenvalue weighted by molar-refractivity contribution is 6.29. The molecule has 4 nitrogen and oxygen atoms in total. The molecular formula is C9H7ClF3N3O. The van der Waals surface area contributed by atoms with Crippen LogP contribution >= 0.6 is 11.6 Å². The fourth-order valence-corrected chi connectivity index (χ4v) is 1.82. The van der Waals surface area contributed by atoms with E-state index in [-0.39, 0.29) is 18.2 Å². The van der Waals surface area contributed by atoms with Crippen molar-refractivity contribution >= 4 is 17.5 Å². The number of nitrogens with zero attached hydrogens (tertiary/aromatic N) is 3. The van der Waals surface area contributed by atoms with Crippen LogP contribution in [0.15, 0.2) is 6.07 Å². The van der Waals surface area contributed by atoms with Gasteiger partial charge in [-0.3, -0.25) is 4.79 Å². The molecule has 0 N–H and O–H groups in total. The van der Waals surface area contributed by atoms with Gasteiger partial charge in [0, 0.05) is 6.54 Å². The molecule has 17 heavy (non-hydrogen) atoms. The zero-order valence-electron chi connectivity index (χ0n) is 8.46. The molecule has 0 saturated heterocycles. The van der Waals surface area contributed by atoms with Gasteiger partial charge < -0.3 is 4.90 Å². The van der Waals surface area contributed by atoms with Gasteiger partial charge in [0.25, 0.3) is 0 Å². The number of alkyl halides is 3. The van der Waals surface area contributed by atoms with E-state index in [0.717, 1.165) is 5.56 Å². The summed E-state index contributed by atoms with van der Waals surface area (Å²) in [5, 5.41) is 7.43. The monoisotopic (exact) mass is 265 g/mol. The predicted octanol–water partition coefficient (Wildman–Crippen LogP) is 1.58. The first-order valence-corrected chi connectivity index (χ1v) is 5.13. The van der Waals surface area contributed by atoms with Crippen molar-refractivity contribution in [2.45, 2.75) is 19.1 Å². The highest BCUT2D eigenvalue weighted by atomic mass is 35.5. The zero-order chi connectivity index (χ0) is 12.6. The molecule has 0 bridgehead atoms. The molecule has 0 radical (unpaired) electrons. The van der Waals surface area contributed by atoms with Gasteiger partial charge in [0.1, 0.15) is 0 Å². The van der Waals surface area contributed by atoms with Crippen LogP contribution < -0.4 is 0 Å². The van der Waals surface area contributed by atoms with E-state index < -0.39 is 12.1 Å². The summed E-state index contributed by atoms with van der Waals surface area (Å²) < 4.78 is 36.7. The predicted molar refractivity (Wildman–Crippen MR) is 52.2 cm³/mol. The number of carbonyl (C=O) groups excluding carboxylic acids is 1. The first kappa shape index (κ1) is 12.1. The second-order valence-electron chi connectivity index (χ2n) is 3.61. The molecule has 0 saturated carbocycles. The SMILES string of the molecule is O=C(N1CCc2cc(Cl)nnc2C1)C(F)(F)F. The van der Waals surface area contributed by atoms with Crippen LogP contribution in [-0.4, -0.2) is 33.7 Å². The summed E-state index contributed by atoms with van der Waals surface area (Å²) in [6, 6.07) is 1.55. The molecule has 1 aliphatic rings. The smallest absolute Gasteiger partial charge is 0.329 e. The van der Waals surface area contributed by atoms with Gasteiger partial charge in [-0.2, -0.15) is 18.3 Å². The molecular weight excluding hydrogens is 259 g/mol. The van der Waals surface area contributed by atoms with E-state index in [9.17, 15) is 18.0 Å². The maximum absolute atomic E-state index is 12.2. The van der Waals surface area contributed by atoms with Crippen LogP contribution in [0.1, 0.15) is 11.3 Å². The van der Waals surface area contributed by atoms with Crippen LogP contribution in [-0.2, 0) is 17.8 Å². The van der Waals surface area contributed by atoms with Crippen LogP contribution in [0.4, 0.5) is 13.2 Å². The largest absolute Gasteiger partial charge is 0.471 e. The summed E-state index contributed by atoms with van der Waals surface area (Å²) in [4.78, 5) is 11.7. The molecule has 0 fully saturated rings. The lowest BCUT2D eigenvalue weighted by molar-refractivity contribution is -0.186. The number of hydrogen-bond donors (Lipinski definition) is 0. The molecule has 1 aliphatic heterocycles. The highest BCUT2D eigenvalue weighted by Gasteiger charge is 2.43. The first-order valence-electron chi connectivity index (χ1n) is 4.75. The number of hydrogen-bond acceptors (Lipinski definition) is 3. The molecule has 0 aromatic carbocycles. The van der Waals surface area contributed by atoms with Crippen LogP contribution in [0, 0.1) is 0 Å². The third-order valence-electron chi connectivity index (χ3n) is 2.45. The fraction of sp³-hybridized carbons (Fsp3) is 0.444. The summed E-state index contributed by atoms with van der Waals surface area (Å²) in [6.45, 7) is -0.175. The Hall–Kier alpha value is -1.37. The van der Waals surface area contributed by atoms with Gasteiger partial charge in [0.05, 0.1) is 12.2 Å². The van der Waals surface area contributed by atoms with E-state index in [1.165, 1.54) is 0 Å².